The molecule has 0 spiro atoms. The number of rotatable bonds is 5. The Morgan fingerprint density at radius 2 is 1.81 bits per heavy atom. The van der Waals surface area contributed by atoms with E-state index in [-0.39, 0.29) is 24.0 Å². The molecule has 4 atom stereocenters. The van der Waals surface area contributed by atoms with Crippen LogP contribution in [-0.4, -0.2) is 44.8 Å². The Labute approximate surface area is 179 Å². The number of aliphatic hydroxyl groups is 1. The second kappa shape index (κ2) is 7.88. The maximum atomic E-state index is 13.4. The fourth-order valence-corrected chi connectivity index (χ4v) is 6.09. The highest BCUT2D eigenvalue weighted by atomic mass is 19.1. The van der Waals surface area contributed by atoms with Crippen LogP contribution in [0.3, 0.4) is 0 Å². The third-order valence-electron chi connectivity index (χ3n) is 7.55. The maximum Gasteiger partial charge on any atom is 0.308 e. The summed E-state index contributed by atoms with van der Waals surface area (Å²) in [5, 5.41) is 20.1. The van der Waals surface area contributed by atoms with Crippen molar-refractivity contribution in [3.05, 3.63) is 58.3 Å². The Bertz CT molecular complexity index is 1040. The van der Waals surface area contributed by atoms with Crippen molar-refractivity contribution in [1.29, 1.82) is 0 Å². The normalized spacial score (nSPS) is 28.1. The number of aliphatic hydroxyl groups excluding tert-OH is 1. The number of benzene rings is 1. The minimum Gasteiger partial charge on any atom is -0.481 e. The summed E-state index contributed by atoms with van der Waals surface area (Å²) in [6, 6.07) is 8.77. The molecule has 1 saturated heterocycles. The average Bonchev–Trinajstić information content (AvgIpc) is 3.33. The first-order valence-electron chi connectivity index (χ1n) is 11.1. The predicted molar refractivity (Wildman–Crippen MR) is 113 cm³/mol. The van der Waals surface area contributed by atoms with Crippen LogP contribution >= 0.6 is 0 Å². The molecule has 0 radical (unpaired) electrons. The molecule has 6 nitrogen and oxygen atoms in total. The first-order valence-corrected chi connectivity index (χ1v) is 11.1. The van der Waals surface area contributed by atoms with Crippen molar-refractivity contribution in [3.63, 3.8) is 0 Å². The minimum absolute atomic E-state index is 0.189. The number of fused-ring (bicyclic) bond motifs is 4. The van der Waals surface area contributed by atoms with Crippen LogP contribution in [0.2, 0.25) is 0 Å². The van der Waals surface area contributed by atoms with Gasteiger partial charge in [0.05, 0.1) is 12.0 Å². The van der Waals surface area contributed by atoms with E-state index < -0.39 is 23.8 Å². The van der Waals surface area contributed by atoms with E-state index in [1.165, 1.54) is 25.0 Å². The number of nitrogens with zero attached hydrogens (tertiary/aromatic N) is 2. The average molecular weight is 426 g/mol. The number of hydrogen-bond donors (Lipinski definition) is 2. The van der Waals surface area contributed by atoms with Crippen LogP contribution < -0.4 is 5.56 Å². The number of aromatic nitrogens is 1. The molecule has 1 saturated carbocycles. The molecule has 3 heterocycles. The molecule has 1 aliphatic carbocycles. The fourth-order valence-electron chi connectivity index (χ4n) is 6.09. The summed E-state index contributed by atoms with van der Waals surface area (Å²) in [5.74, 6) is -1.92. The minimum atomic E-state index is -0.925. The lowest BCUT2D eigenvalue weighted by Gasteiger charge is -2.39. The molecule has 31 heavy (non-hydrogen) atoms. The Hall–Kier alpha value is -2.51. The molecule has 2 aromatic rings. The quantitative estimate of drug-likeness (QED) is 0.768. The molecule has 5 rings (SSSR count). The SMILES string of the molecule is O=C(O)[C@H]1[C@H](CO)[C@H]2Cn3c(ccc(-c4ccc(F)cc4)c3=O)[C@@H]1N2CC1CCCC1. The molecule has 2 aliphatic heterocycles. The summed E-state index contributed by atoms with van der Waals surface area (Å²) in [4.78, 5) is 27.9. The molecular formula is C24H27FN2O4. The van der Waals surface area contributed by atoms with Crippen LogP contribution in [0.1, 0.15) is 37.4 Å². The van der Waals surface area contributed by atoms with Gasteiger partial charge in [0.15, 0.2) is 0 Å². The van der Waals surface area contributed by atoms with Crippen LogP contribution in [0, 0.1) is 23.6 Å². The van der Waals surface area contributed by atoms with E-state index in [0.29, 0.717) is 29.3 Å². The number of carboxylic acids is 1. The number of carbonyl (C=O) groups is 1. The van der Waals surface area contributed by atoms with E-state index in [4.69, 9.17) is 0 Å². The van der Waals surface area contributed by atoms with Crippen molar-refractivity contribution in [2.24, 2.45) is 17.8 Å². The third-order valence-corrected chi connectivity index (χ3v) is 7.55. The number of hydrogen-bond acceptors (Lipinski definition) is 4. The topological polar surface area (TPSA) is 82.8 Å². The van der Waals surface area contributed by atoms with Crippen LogP contribution in [0.4, 0.5) is 4.39 Å². The number of halogens is 1. The van der Waals surface area contributed by atoms with Crippen LogP contribution in [0.25, 0.3) is 11.1 Å². The van der Waals surface area contributed by atoms with Crippen molar-refractivity contribution < 1.29 is 19.4 Å². The van der Waals surface area contributed by atoms with Gasteiger partial charge in [0.2, 0.25) is 0 Å². The highest BCUT2D eigenvalue weighted by Crippen LogP contribution is 2.49. The summed E-state index contributed by atoms with van der Waals surface area (Å²) < 4.78 is 15.0. The molecule has 2 N–H and O–H groups in total. The molecule has 0 unspecified atom stereocenters. The molecule has 2 bridgehead atoms. The van der Waals surface area contributed by atoms with Gasteiger partial charge in [0.25, 0.3) is 5.56 Å². The summed E-state index contributed by atoms with van der Waals surface area (Å²) in [6.07, 6.45) is 4.70. The molecule has 1 aromatic carbocycles. The highest BCUT2D eigenvalue weighted by Gasteiger charge is 2.56. The molecular weight excluding hydrogens is 399 g/mol. The van der Waals surface area contributed by atoms with Gasteiger partial charge in [-0.3, -0.25) is 14.5 Å². The Kier molecular flexibility index (Phi) is 5.18. The van der Waals surface area contributed by atoms with E-state index in [0.717, 1.165) is 19.4 Å². The van der Waals surface area contributed by atoms with Gasteiger partial charge >= 0.3 is 5.97 Å². The zero-order valence-corrected chi connectivity index (χ0v) is 17.3. The largest absolute Gasteiger partial charge is 0.481 e. The van der Waals surface area contributed by atoms with E-state index in [2.05, 4.69) is 4.90 Å². The first kappa shape index (κ1) is 20.4. The monoisotopic (exact) mass is 426 g/mol. The maximum absolute atomic E-state index is 13.4. The van der Waals surface area contributed by atoms with Gasteiger partial charge in [-0.1, -0.05) is 25.0 Å². The molecule has 7 heteroatoms. The number of aliphatic carboxylic acids is 1. The van der Waals surface area contributed by atoms with Crippen LogP contribution in [-0.2, 0) is 11.3 Å². The lowest BCUT2D eigenvalue weighted by atomic mass is 9.87. The van der Waals surface area contributed by atoms with Crippen molar-refractivity contribution >= 4 is 5.97 Å². The molecule has 1 aromatic heterocycles. The van der Waals surface area contributed by atoms with Crippen molar-refractivity contribution in [1.82, 2.24) is 9.47 Å². The number of pyridine rings is 1. The predicted octanol–water partition coefficient (Wildman–Crippen LogP) is 2.89. The van der Waals surface area contributed by atoms with Crippen molar-refractivity contribution in [2.45, 2.75) is 44.3 Å². The summed E-state index contributed by atoms with van der Waals surface area (Å²) in [5.41, 5.74) is 1.62. The Balaban J connectivity index is 1.59. The molecule has 0 amide bonds. The summed E-state index contributed by atoms with van der Waals surface area (Å²) >= 11 is 0. The molecule has 2 fully saturated rings. The van der Waals surface area contributed by atoms with Gasteiger partial charge in [-0.2, -0.15) is 0 Å². The van der Waals surface area contributed by atoms with E-state index in [1.807, 2.05) is 6.07 Å². The fraction of sp³-hybridized carbons (Fsp3) is 0.500. The van der Waals surface area contributed by atoms with Crippen molar-refractivity contribution in [2.75, 3.05) is 13.2 Å². The van der Waals surface area contributed by atoms with Gasteiger partial charge in [-0.15, -0.1) is 0 Å². The van der Waals surface area contributed by atoms with Gasteiger partial charge in [-0.25, -0.2) is 4.39 Å². The summed E-state index contributed by atoms with van der Waals surface area (Å²) in [7, 11) is 0. The van der Waals surface area contributed by atoms with E-state index in [9.17, 15) is 24.2 Å². The third kappa shape index (κ3) is 3.31. The van der Waals surface area contributed by atoms with Crippen molar-refractivity contribution in [3.8, 4) is 11.1 Å². The zero-order chi connectivity index (χ0) is 21.7. The standard InChI is InChI=1S/C24H27FN2O4/c25-16-7-5-15(6-8-16)17-9-10-19-22-21(24(30)31)18(13-28)20(12-27(19)23(17)29)26(22)11-14-3-1-2-4-14/h5-10,14,18,20-22,28H,1-4,11-13H2,(H,30,31)/t18-,20-,21+,22+/m1/s1. The smallest absolute Gasteiger partial charge is 0.308 e. The second-order valence-corrected chi connectivity index (χ2v) is 9.16. The first-order chi connectivity index (χ1) is 15.0. The van der Waals surface area contributed by atoms with Gasteiger partial charge in [0.1, 0.15) is 5.82 Å². The van der Waals surface area contributed by atoms with E-state index in [1.54, 1.807) is 22.8 Å². The van der Waals surface area contributed by atoms with E-state index >= 15 is 0 Å². The zero-order valence-electron chi connectivity index (χ0n) is 17.3. The van der Waals surface area contributed by atoms with Gasteiger partial charge < -0.3 is 14.8 Å². The molecule has 3 aliphatic rings. The van der Waals surface area contributed by atoms with Gasteiger partial charge in [0, 0.05) is 42.9 Å². The molecule has 164 valence electrons. The Morgan fingerprint density at radius 3 is 2.45 bits per heavy atom. The highest BCUT2D eigenvalue weighted by molar-refractivity contribution is 5.73. The van der Waals surface area contributed by atoms with Crippen LogP contribution in [0.5, 0.6) is 0 Å². The van der Waals surface area contributed by atoms with Gasteiger partial charge in [-0.05, 0) is 48.6 Å². The number of carboxylic acid groups (broad SMARTS) is 1. The Morgan fingerprint density at radius 1 is 1.10 bits per heavy atom. The lowest BCUT2D eigenvalue weighted by molar-refractivity contribution is -0.144. The van der Waals surface area contributed by atoms with Crippen LogP contribution in [0.15, 0.2) is 41.2 Å². The second-order valence-electron chi connectivity index (χ2n) is 9.16. The summed E-state index contributed by atoms with van der Waals surface area (Å²) in [6.45, 7) is 0.956. The lowest BCUT2D eigenvalue weighted by Crippen LogP contribution is -2.48.